The maximum atomic E-state index is 12.8. The van der Waals surface area contributed by atoms with Crippen LogP contribution in [0.5, 0.6) is 0 Å². The summed E-state index contributed by atoms with van der Waals surface area (Å²) in [6.07, 6.45) is 2.60. The van der Waals surface area contributed by atoms with Gasteiger partial charge in [0.15, 0.2) is 0 Å². The van der Waals surface area contributed by atoms with Gasteiger partial charge in [0, 0.05) is 18.8 Å². The molecule has 0 saturated carbocycles. The number of hydrogen-bond donors (Lipinski definition) is 2. The molecular weight excluding hydrogens is 295 g/mol. The zero-order valence-corrected chi connectivity index (χ0v) is 12.5. The van der Waals surface area contributed by atoms with E-state index in [-0.39, 0.29) is 11.8 Å². The predicted molar refractivity (Wildman–Crippen MR) is 87.8 cm³/mol. The monoisotopic (exact) mass is 312 g/mol. The van der Waals surface area contributed by atoms with Crippen molar-refractivity contribution in [2.75, 3.05) is 11.9 Å². The van der Waals surface area contributed by atoms with Gasteiger partial charge in [0.2, 0.25) is 0 Å². The molecule has 118 valence electrons. The number of aromatic nitrogens is 2. The van der Waals surface area contributed by atoms with Crippen LogP contribution in [0.3, 0.4) is 0 Å². The zero-order chi connectivity index (χ0) is 16.1. The SMILES string of the molecule is O=C(NCCCn1cnc2ccccc21)Nc1ccc(F)cc1. The number of aryl methyl sites for hydroxylation is 1. The molecule has 0 aliphatic heterocycles. The minimum Gasteiger partial charge on any atom is -0.338 e. The third kappa shape index (κ3) is 3.85. The zero-order valence-electron chi connectivity index (χ0n) is 12.5. The molecule has 23 heavy (non-hydrogen) atoms. The molecule has 1 aromatic heterocycles. The molecule has 2 amide bonds. The molecule has 0 saturated heterocycles. The number of benzene rings is 2. The quantitative estimate of drug-likeness (QED) is 0.710. The van der Waals surface area contributed by atoms with E-state index in [2.05, 4.69) is 20.2 Å². The summed E-state index contributed by atoms with van der Waals surface area (Å²) < 4.78 is 14.8. The molecule has 0 bridgehead atoms. The Morgan fingerprint density at radius 3 is 2.74 bits per heavy atom. The number of imidazole rings is 1. The lowest BCUT2D eigenvalue weighted by Gasteiger charge is -2.08. The minimum atomic E-state index is -0.330. The van der Waals surface area contributed by atoms with Crippen LogP contribution < -0.4 is 10.6 Å². The summed E-state index contributed by atoms with van der Waals surface area (Å²) in [5, 5.41) is 5.44. The van der Waals surface area contributed by atoms with Crippen LogP contribution in [0.25, 0.3) is 11.0 Å². The highest BCUT2D eigenvalue weighted by Gasteiger charge is 2.03. The van der Waals surface area contributed by atoms with Crippen molar-refractivity contribution in [1.29, 1.82) is 0 Å². The fraction of sp³-hybridized carbons (Fsp3) is 0.176. The summed E-state index contributed by atoms with van der Waals surface area (Å²) in [6.45, 7) is 1.32. The molecule has 3 aromatic rings. The van der Waals surface area contributed by atoms with E-state index < -0.39 is 0 Å². The van der Waals surface area contributed by atoms with Crippen molar-refractivity contribution in [3.05, 3.63) is 60.7 Å². The van der Waals surface area contributed by atoms with E-state index in [0.717, 1.165) is 24.0 Å². The Hall–Kier alpha value is -2.89. The second-order valence-corrected chi connectivity index (χ2v) is 5.17. The van der Waals surface area contributed by atoms with Crippen LogP contribution in [0.1, 0.15) is 6.42 Å². The molecule has 0 aliphatic carbocycles. The predicted octanol–water partition coefficient (Wildman–Crippen LogP) is 3.39. The lowest BCUT2D eigenvalue weighted by molar-refractivity contribution is 0.252. The van der Waals surface area contributed by atoms with E-state index in [4.69, 9.17) is 0 Å². The second-order valence-electron chi connectivity index (χ2n) is 5.17. The lowest BCUT2D eigenvalue weighted by Crippen LogP contribution is -2.30. The first-order valence-corrected chi connectivity index (χ1v) is 7.43. The number of halogens is 1. The summed E-state index contributed by atoms with van der Waals surface area (Å²) in [6, 6.07) is 13.3. The number of fused-ring (bicyclic) bond motifs is 1. The fourth-order valence-corrected chi connectivity index (χ4v) is 2.35. The number of carbonyl (C=O) groups is 1. The molecule has 1 heterocycles. The highest BCUT2D eigenvalue weighted by atomic mass is 19.1. The van der Waals surface area contributed by atoms with E-state index in [9.17, 15) is 9.18 Å². The molecule has 0 spiro atoms. The number of nitrogens with zero attached hydrogens (tertiary/aromatic N) is 2. The largest absolute Gasteiger partial charge is 0.338 e. The Balaban J connectivity index is 1.44. The summed E-state index contributed by atoms with van der Waals surface area (Å²) in [4.78, 5) is 16.1. The molecular formula is C17H17FN4O. The van der Waals surface area contributed by atoms with Gasteiger partial charge < -0.3 is 15.2 Å². The van der Waals surface area contributed by atoms with Crippen molar-refractivity contribution in [3.8, 4) is 0 Å². The first-order chi connectivity index (χ1) is 11.2. The van der Waals surface area contributed by atoms with Crippen molar-refractivity contribution in [2.45, 2.75) is 13.0 Å². The average molecular weight is 312 g/mol. The molecule has 6 heteroatoms. The first kappa shape index (κ1) is 15.0. The summed E-state index contributed by atoms with van der Waals surface area (Å²) >= 11 is 0. The van der Waals surface area contributed by atoms with Crippen molar-refractivity contribution in [3.63, 3.8) is 0 Å². The molecule has 2 aromatic carbocycles. The Morgan fingerprint density at radius 2 is 1.91 bits per heavy atom. The maximum Gasteiger partial charge on any atom is 0.319 e. The van der Waals surface area contributed by atoms with Gasteiger partial charge in [-0.15, -0.1) is 0 Å². The topological polar surface area (TPSA) is 59.0 Å². The van der Waals surface area contributed by atoms with Crippen LogP contribution in [0.15, 0.2) is 54.9 Å². The van der Waals surface area contributed by atoms with Crippen molar-refractivity contribution in [1.82, 2.24) is 14.9 Å². The van der Waals surface area contributed by atoms with Crippen molar-refractivity contribution >= 4 is 22.8 Å². The smallest absolute Gasteiger partial charge is 0.319 e. The molecule has 0 atom stereocenters. The number of urea groups is 1. The van der Waals surface area contributed by atoms with Gasteiger partial charge in [0.25, 0.3) is 0 Å². The average Bonchev–Trinajstić information content (AvgIpc) is 2.97. The Kier molecular flexibility index (Phi) is 4.52. The van der Waals surface area contributed by atoms with Gasteiger partial charge >= 0.3 is 6.03 Å². The van der Waals surface area contributed by atoms with Gasteiger partial charge in [-0.2, -0.15) is 0 Å². The van der Waals surface area contributed by atoms with Gasteiger partial charge in [-0.3, -0.25) is 0 Å². The van der Waals surface area contributed by atoms with Crippen LogP contribution in [-0.2, 0) is 6.54 Å². The fourth-order valence-electron chi connectivity index (χ4n) is 2.35. The van der Waals surface area contributed by atoms with Gasteiger partial charge in [0.1, 0.15) is 5.82 Å². The minimum absolute atomic E-state index is 0.299. The van der Waals surface area contributed by atoms with Crippen LogP contribution in [0, 0.1) is 5.82 Å². The number of rotatable bonds is 5. The van der Waals surface area contributed by atoms with E-state index in [1.165, 1.54) is 24.3 Å². The Bertz CT molecular complexity index is 798. The van der Waals surface area contributed by atoms with Gasteiger partial charge in [-0.25, -0.2) is 14.2 Å². The van der Waals surface area contributed by atoms with E-state index in [1.807, 2.05) is 30.6 Å². The van der Waals surface area contributed by atoms with Crippen molar-refractivity contribution < 1.29 is 9.18 Å². The molecule has 0 radical (unpaired) electrons. The number of anilines is 1. The number of carbonyl (C=O) groups excluding carboxylic acids is 1. The van der Waals surface area contributed by atoms with E-state index >= 15 is 0 Å². The van der Waals surface area contributed by atoms with Crippen LogP contribution >= 0.6 is 0 Å². The van der Waals surface area contributed by atoms with Gasteiger partial charge in [0.05, 0.1) is 17.4 Å². The van der Waals surface area contributed by atoms with Crippen molar-refractivity contribution in [2.24, 2.45) is 0 Å². The molecule has 2 N–H and O–H groups in total. The number of hydrogen-bond acceptors (Lipinski definition) is 2. The Morgan fingerprint density at radius 1 is 1.13 bits per heavy atom. The highest BCUT2D eigenvalue weighted by molar-refractivity contribution is 5.89. The van der Waals surface area contributed by atoms with E-state index in [0.29, 0.717) is 12.2 Å². The normalized spacial score (nSPS) is 10.7. The molecule has 0 unspecified atom stereocenters. The summed E-state index contributed by atoms with van der Waals surface area (Å²) in [5.74, 6) is -0.330. The van der Waals surface area contributed by atoms with Gasteiger partial charge in [-0.1, -0.05) is 12.1 Å². The van der Waals surface area contributed by atoms with Crippen LogP contribution in [0.2, 0.25) is 0 Å². The Labute approximate surface area is 133 Å². The van der Waals surface area contributed by atoms with Gasteiger partial charge in [-0.05, 0) is 42.8 Å². The highest BCUT2D eigenvalue weighted by Crippen LogP contribution is 2.12. The lowest BCUT2D eigenvalue weighted by atomic mass is 10.3. The number of amides is 2. The summed E-state index contributed by atoms with van der Waals surface area (Å²) in [7, 11) is 0. The number of nitrogens with one attached hydrogen (secondary N) is 2. The number of para-hydroxylation sites is 2. The third-order valence-corrected chi connectivity index (χ3v) is 3.49. The van der Waals surface area contributed by atoms with Crippen LogP contribution in [-0.4, -0.2) is 22.1 Å². The summed E-state index contributed by atoms with van der Waals surface area (Å²) in [5.41, 5.74) is 2.61. The molecule has 0 aliphatic rings. The maximum absolute atomic E-state index is 12.8. The van der Waals surface area contributed by atoms with Crippen LogP contribution in [0.4, 0.5) is 14.9 Å². The third-order valence-electron chi connectivity index (χ3n) is 3.49. The molecule has 3 rings (SSSR count). The second kappa shape index (κ2) is 6.91. The van der Waals surface area contributed by atoms with E-state index in [1.54, 1.807) is 0 Å². The molecule has 0 fully saturated rings. The standard InChI is InChI=1S/C17H17FN4O/c18-13-6-8-14(9-7-13)21-17(23)19-10-3-11-22-12-20-15-4-1-2-5-16(15)22/h1-2,4-9,12H,3,10-11H2,(H2,19,21,23). The first-order valence-electron chi connectivity index (χ1n) is 7.43. The molecule has 5 nitrogen and oxygen atoms in total.